The average molecular weight is 510 g/mol. The lowest BCUT2D eigenvalue weighted by molar-refractivity contribution is 0.0750. The molecular formula is C29H39N3O3S. The van der Waals surface area contributed by atoms with Crippen molar-refractivity contribution in [3.05, 3.63) is 58.1 Å². The molecule has 0 bridgehead atoms. The van der Waals surface area contributed by atoms with E-state index in [2.05, 4.69) is 65.9 Å². The number of ether oxygens (including phenoxy) is 1. The lowest BCUT2D eigenvalue weighted by atomic mass is 9.87. The summed E-state index contributed by atoms with van der Waals surface area (Å²) < 4.78 is 5.22. The molecule has 2 unspecified atom stereocenters. The number of aromatic nitrogens is 1. The van der Waals surface area contributed by atoms with Crippen LogP contribution in [0.15, 0.2) is 47.4 Å². The summed E-state index contributed by atoms with van der Waals surface area (Å²) in [5.74, 6) is 1.12. The molecule has 194 valence electrons. The highest BCUT2D eigenvalue weighted by Crippen LogP contribution is 2.30. The van der Waals surface area contributed by atoms with E-state index in [1.165, 1.54) is 19.3 Å². The van der Waals surface area contributed by atoms with Crippen LogP contribution in [-0.2, 0) is 4.74 Å². The maximum Gasteiger partial charge on any atom is 0.408 e. The standard InChI is InChI=1S/C17H22N2OS.C12H17NO2/c1-12-7-9-13(10-8-12)17-19-15(11-21-17)16(20)18-14-5-3-2-4-6-14;1-8-5-4-6-9(7-8)10-12(2,3)15-11(14)13-10/h7,9-12,14H,2-6,8H2,1H3,(H,18,20);4,6-8,10H,5H2,1-3H3,(H,13,14)/t;8?,10-/m.0/s1. The van der Waals surface area contributed by atoms with Crippen molar-refractivity contribution in [2.24, 2.45) is 11.8 Å². The van der Waals surface area contributed by atoms with E-state index < -0.39 is 5.60 Å². The molecule has 3 atom stereocenters. The number of cyclic esters (lactones) is 1. The lowest BCUT2D eigenvalue weighted by Gasteiger charge is -2.26. The van der Waals surface area contributed by atoms with Gasteiger partial charge in [-0.3, -0.25) is 4.79 Å². The number of nitrogens with zero attached hydrogens (tertiary/aromatic N) is 1. The van der Waals surface area contributed by atoms with E-state index in [9.17, 15) is 9.59 Å². The van der Waals surface area contributed by atoms with E-state index in [1.807, 2.05) is 19.2 Å². The van der Waals surface area contributed by atoms with Crippen molar-refractivity contribution < 1.29 is 14.3 Å². The summed E-state index contributed by atoms with van der Waals surface area (Å²) in [7, 11) is 0. The quantitative estimate of drug-likeness (QED) is 0.480. The van der Waals surface area contributed by atoms with E-state index in [0.29, 0.717) is 23.6 Å². The first kappa shape index (κ1) is 26.4. The van der Waals surface area contributed by atoms with Gasteiger partial charge in [0.1, 0.15) is 16.3 Å². The molecule has 2 amide bonds. The highest BCUT2D eigenvalue weighted by atomic mass is 32.1. The van der Waals surface area contributed by atoms with Crippen molar-refractivity contribution in [3.8, 4) is 0 Å². The Bertz CT molecular complexity index is 1080. The second-order valence-electron chi connectivity index (χ2n) is 10.9. The molecule has 2 N–H and O–H groups in total. The Morgan fingerprint density at radius 3 is 2.56 bits per heavy atom. The first-order chi connectivity index (χ1) is 17.2. The van der Waals surface area contributed by atoms with Crippen molar-refractivity contribution >= 4 is 28.9 Å². The van der Waals surface area contributed by atoms with Crippen LogP contribution in [0.3, 0.4) is 0 Å². The number of allylic oxidation sites excluding steroid dienone is 6. The molecule has 36 heavy (non-hydrogen) atoms. The number of rotatable bonds is 4. The molecule has 0 aromatic carbocycles. The van der Waals surface area contributed by atoms with E-state index in [0.717, 1.165) is 41.8 Å². The van der Waals surface area contributed by atoms with Gasteiger partial charge >= 0.3 is 6.09 Å². The highest BCUT2D eigenvalue weighted by Gasteiger charge is 2.42. The number of amides is 2. The summed E-state index contributed by atoms with van der Waals surface area (Å²) in [6.07, 6.45) is 20.8. The third-order valence-corrected chi connectivity index (χ3v) is 8.07. The predicted molar refractivity (Wildman–Crippen MR) is 146 cm³/mol. The summed E-state index contributed by atoms with van der Waals surface area (Å²) in [5.41, 5.74) is 2.41. The van der Waals surface area contributed by atoms with E-state index in [1.54, 1.807) is 11.3 Å². The third kappa shape index (κ3) is 6.75. The Morgan fingerprint density at radius 1 is 1.14 bits per heavy atom. The zero-order chi connectivity index (χ0) is 25.7. The smallest absolute Gasteiger partial charge is 0.408 e. The van der Waals surface area contributed by atoms with Gasteiger partial charge in [0.05, 0.1) is 6.04 Å². The maximum atomic E-state index is 12.3. The van der Waals surface area contributed by atoms with Crippen LogP contribution in [0, 0.1) is 11.8 Å². The van der Waals surface area contributed by atoms with E-state index in [-0.39, 0.29) is 18.0 Å². The van der Waals surface area contributed by atoms with Gasteiger partial charge in [-0.15, -0.1) is 11.3 Å². The molecule has 7 heteroatoms. The van der Waals surface area contributed by atoms with Gasteiger partial charge in [0.25, 0.3) is 5.91 Å². The molecule has 1 saturated carbocycles. The van der Waals surface area contributed by atoms with Crippen molar-refractivity contribution in [1.29, 1.82) is 0 Å². The van der Waals surface area contributed by atoms with Crippen LogP contribution in [0.2, 0.25) is 0 Å². The van der Waals surface area contributed by atoms with Crippen LogP contribution in [0.4, 0.5) is 4.79 Å². The molecule has 1 aromatic rings. The number of carbonyl (C=O) groups excluding carboxylic acids is 2. The number of thiazole rings is 1. The number of hydrogen-bond acceptors (Lipinski definition) is 5. The summed E-state index contributed by atoms with van der Waals surface area (Å²) in [6, 6.07) is 0.315. The first-order valence-electron chi connectivity index (χ1n) is 13.2. The Kier molecular flexibility index (Phi) is 8.50. The number of carbonyl (C=O) groups is 2. The molecule has 1 saturated heterocycles. The van der Waals surface area contributed by atoms with Gasteiger partial charge in [-0.2, -0.15) is 0 Å². The Morgan fingerprint density at radius 2 is 1.92 bits per heavy atom. The van der Waals surface area contributed by atoms with Gasteiger partial charge in [-0.25, -0.2) is 9.78 Å². The van der Waals surface area contributed by atoms with Crippen molar-refractivity contribution in [1.82, 2.24) is 15.6 Å². The summed E-state index contributed by atoms with van der Waals surface area (Å²) >= 11 is 1.56. The van der Waals surface area contributed by atoms with Gasteiger partial charge in [-0.1, -0.05) is 69.6 Å². The average Bonchev–Trinajstić information content (AvgIpc) is 3.44. The molecule has 2 heterocycles. The van der Waals surface area contributed by atoms with Crippen LogP contribution in [-0.4, -0.2) is 34.7 Å². The topological polar surface area (TPSA) is 80.3 Å². The normalized spacial score (nSPS) is 27.2. The minimum absolute atomic E-state index is 0.0156. The summed E-state index contributed by atoms with van der Waals surface area (Å²) in [4.78, 5) is 28.0. The van der Waals surface area contributed by atoms with Gasteiger partial charge in [0.15, 0.2) is 0 Å². The fourth-order valence-electron chi connectivity index (χ4n) is 5.07. The van der Waals surface area contributed by atoms with Crippen LogP contribution >= 0.6 is 11.3 Å². The lowest BCUT2D eigenvalue weighted by Crippen LogP contribution is -2.40. The van der Waals surface area contributed by atoms with Gasteiger partial charge in [0, 0.05) is 17.0 Å². The molecule has 6 nitrogen and oxygen atoms in total. The zero-order valence-electron chi connectivity index (χ0n) is 21.9. The molecular weight excluding hydrogens is 470 g/mol. The number of alkyl carbamates (subject to hydrolysis) is 1. The summed E-state index contributed by atoms with van der Waals surface area (Å²) in [5, 5.41) is 8.81. The predicted octanol–water partition coefficient (Wildman–Crippen LogP) is 6.58. The van der Waals surface area contributed by atoms with Gasteiger partial charge in [0.2, 0.25) is 0 Å². The summed E-state index contributed by atoms with van der Waals surface area (Å²) in [6.45, 7) is 8.25. The fourth-order valence-corrected chi connectivity index (χ4v) is 5.89. The Labute approximate surface area is 219 Å². The SMILES string of the molecule is CC1C=C([C@@H]2NC(=O)OC2(C)C)C=CC1.CC1C=CC(c2nc(C(=O)NC3CCCCC3)cs2)=CC1. The van der Waals surface area contributed by atoms with Crippen LogP contribution in [0.1, 0.15) is 88.1 Å². The monoisotopic (exact) mass is 509 g/mol. The molecule has 0 radical (unpaired) electrons. The minimum atomic E-state index is -0.454. The minimum Gasteiger partial charge on any atom is -0.441 e. The molecule has 4 aliphatic rings. The van der Waals surface area contributed by atoms with Gasteiger partial charge < -0.3 is 15.4 Å². The molecule has 5 rings (SSSR count). The Hall–Kier alpha value is -2.67. The molecule has 3 aliphatic carbocycles. The molecule has 1 aliphatic heterocycles. The molecule has 0 spiro atoms. The second-order valence-corrected chi connectivity index (χ2v) is 11.8. The first-order valence-corrected chi connectivity index (χ1v) is 14.1. The van der Waals surface area contributed by atoms with Crippen LogP contribution < -0.4 is 10.6 Å². The highest BCUT2D eigenvalue weighted by molar-refractivity contribution is 7.11. The third-order valence-electron chi connectivity index (χ3n) is 7.18. The molecule has 1 aromatic heterocycles. The van der Waals surface area contributed by atoms with E-state index in [4.69, 9.17) is 4.74 Å². The number of hydrogen-bond donors (Lipinski definition) is 2. The fraction of sp³-hybridized carbons (Fsp3) is 0.552. The second kappa shape index (κ2) is 11.6. The maximum absolute atomic E-state index is 12.3. The number of nitrogens with one attached hydrogen (secondary N) is 2. The molecule has 2 fully saturated rings. The van der Waals surface area contributed by atoms with E-state index >= 15 is 0 Å². The van der Waals surface area contributed by atoms with Gasteiger partial charge in [-0.05, 0) is 56.9 Å². The van der Waals surface area contributed by atoms with Crippen LogP contribution in [0.25, 0.3) is 5.57 Å². The van der Waals surface area contributed by atoms with Crippen molar-refractivity contribution in [3.63, 3.8) is 0 Å². The largest absolute Gasteiger partial charge is 0.441 e. The Balaban J connectivity index is 0.000000179. The van der Waals surface area contributed by atoms with Crippen LogP contribution in [0.5, 0.6) is 0 Å². The van der Waals surface area contributed by atoms with Crippen molar-refractivity contribution in [2.45, 2.75) is 90.3 Å². The zero-order valence-corrected chi connectivity index (χ0v) is 22.7. The van der Waals surface area contributed by atoms with Crippen molar-refractivity contribution in [2.75, 3.05) is 0 Å².